The fourth-order valence-corrected chi connectivity index (χ4v) is 2.29. The van der Waals surface area contributed by atoms with Gasteiger partial charge in [0.15, 0.2) is 0 Å². The number of H-pyrrole nitrogens is 1. The van der Waals surface area contributed by atoms with Gasteiger partial charge < -0.3 is 26.2 Å². The van der Waals surface area contributed by atoms with E-state index in [1.807, 2.05) is 26.1 Å². The number of ether oxygens (including phenoxy) is 1. The summed E-state index contributed by atoms with van der Waals surface area (Å²) in [6.07, 6.45) is 4.51. The fourth-order valence-electron chi connectivity index (χ4n) is 2.29. The van der Waals surface area contributed by atoms with Gasteiger partial charge in [-0.3, -0.25) is 0 Å². The molecule has 0 atom stereocenters. The summed E-state index contributed by atoms with van der Waals surface area (Å²) in [7, 11) is 0. The number of hydrogen-bond acceptors (Lipinski definition) is 6. The average molecular weight is 310 g/mol. The molecule has 0 aliphatic rings. The molecule has 0 fully saturated rings. The highest BCUT2D eigenvalue weighted by Crippen LogP contribution is 2.33. The molecule has 0 unspecified atom stereocenters. The molecular weight excluding hydrogens is 292 g/mol. The predicted molar refractivity (Wildman–Crippen MR) is 91.7 cm³/mol. The van der Waals surface area contributed by atoms with Crippen LogP contribution in [0.1, 0.15) is 19.4 Å². The minimum absolute atomic E-state index is 0.00143. The molecule has 2 aromatic heterocycles. The van der Waals surface area contributed by atoms with Crippen LogP contribution in [0, 0.1) is 5.41 Å². The first-order chi connectivity index (χ1) is 11.1. The Morgan fingerprint density at radius 3 is 2.91 bits per heavy atom. The zero-order valence-electron chi connectivity index (χ0n) is 12.9. The molecule has 23 heavy (non-hydrogen) atoms. The van der Waals surface area contributed by atoms with Crippen LogP contribution in [-0.2, 0) is 0 Å². The number of nitrogen functional groups attached to an aromatic ring is 1. The van der Waals surface area contributed by atoms with Crippen LogP contribution in [0.2, 0.25) is 0 Å². The number of rotatable bonds is 5. The van der Waals surface area contributed by atoms with Crippen molar-refractivity contribution < 1.29 is 4.74 Å². The smallest absolute Gasteiger partial charge is 0.145 e. The van der Waals surface area contributed by atoms with Crippen molar-refractivity contribution in [3.05, 3.63) is 36.3 Å². The van der Waals surface area contributed by atoms with Gasteiger partial charge in [-0.1, -0.05) is 0 Å². The minimum atomic E-state index is -0.00143. The Hall–Kier alpha value is -3.09. The van der Waals surface area contributed by atoms with Crippen LogP contribution >= 0.6 is 0 Å². The Labute approximate surface area is 133 Å². The molecule has 3 aromatic rings. The number of nitrogens with two attached hydrogens (primary N) is 1. The number of hydrogen-bond donors (Lipinski definition) is 4. The standard InChI is InChI=1S/C16H18N6O/c1-9(2)23-14-6-12(18)10(7-17)5-13(14)22-16-11-3-4-19-15(11)20-8-21-16/h3-9,17H,18H2,1-2H3,(H2,19,20,21,22). The van der Waals surface area contributed by atoms with Crippen molar-refractivity contribution in [2.45, 2.75) is 20.0 Å². The Bertz CT molecular complexity index is 855. The SMILES string of the molecule is CC(C)Oc1cc(N)c(C=N)cc1Nc1ncnc2[nH]ccc12. The summed E-state index contributed by atoms with van der Waals surface area (Å²) in [5.74, 6) is 1.27. The zero-order valence-corrected chi connectivity index (χ0v) is 12.9. The van der Waals surface area contributed by atoms with Gasteiger partial charge in [0.25, 0.3) is 0 Å². The van der Waals surface area contributed by atoms with E-state index in [-0.39, 0.29) is 6.10 Å². The van der Waals surface area contributed by atoms with Crippen LogP contribution in [0.25, 0.3) is 11.0 Å². The van der Waals surface area contributed by atoms with Crippen LogP contribution in [0.4, 0.5) is 17.2 Å². The summed E-state index contributed by atoms with van der Waals surface area (Å²) in [4.78, 5) is 11.5. The van der Waals surface area contributed by atoms with Crippen LogP contribution < -0.4 is 15.8 Å². The van der Waals surface area contributed by atoms with Gasteiger partial charge in [-0.15, -0.1) is 0 Å². The third-order valence-electron chi connectivity index (χ3n) is 3.31. The monoisotopic (exact) mass is 310 g/mol. The molecule has 0 radical (unpaired) electrons. The lowest BCUT2D eigenvalue weighted by molar-refractivity contribution is 0.244. The molecule has 0 amide bonds. The molecule has 1 aromatic carbocycles. The van der Waals surface area contributed by atoms with Gasteiger partial charge in [0.2, 0.25) is 0 Å². The number of benzene rings is 1. The average Bonchev–Trinajstić information content (AvgIpc) is 2.98. The van der Waals surface area contributed by atoms with E-state index in [2.05, 4.69) is 20.3 Å². The first-order valence-electron chi connectivity index (χ1n) is 7.24. The highest BCUT2D eigenvalue weighted by atomic mass is 16.5. The third-order valence-corrected chi connectivity index (χ3v) is 3.31. The van der Waals surface area contributed by atoms with Crippen molar-refractivity contribution in [2.24, 2.45) is 0 Å². The number of aromatic amines is 1. The van der Waals surface area contributed by atoms with E-state index in [0.717, 1.165) is 11.0 Å². The van der Waals surface area contributed by atoms with Gasteiger partial charge in [0.05, 0.1) is 17.2 Å². The van der Waals surface area contributed by atoms with Gasteiger partial charge in [-0.05, 0) is 26.0 Å². The van der Waals surface area contributed by atoms with Crippen molar-refractivity contribution in [3.63, 3.8) is 0 Å². The molecule has 0 bridgehead atoms. The second-order valence-corrected chi connectivity index (χ2v) is 5.38. The molecule has 0 aliphatic heterocycles. The Balaban J connectivity index is 2.07. The second kappa shape index (κ2) is 5.96. The summed E-state index contributed by atoms with van der Waals surface area (Å²) in [5, 5.41) is 11.6. The molecule has 0 spiro atoms. The molecule has 7 heteroatoms. The normalized spacial score (nSPS) is 10.9. The molecule has 0 saturated carbocycles. The van der Waals surface area contributed by atoms with E-state index in [4.69, 9.17) is 15.9 Å². The van der Waals surface area contributed by atoms with Gasteiger partial charge in [-0.25, -0.2) is 9.97 Å². The van der Waals surface area contributed by atoms with Crippen LogP contribution in [0.5, 0.6) is 5.75 Å². The van der Waals surface area contributed by atoms with E-state index in [1.165, 1.54) is 12.5 Å². The molecule has 0 aliphatic carbocycles. The van der Waals surface area contributed by atoms with Gasteiger partial charge >= 0.3 is 0 Å². The lowest BCUT2D eigenvalue weighted by Crippen LogP contribution is -2.09. The fraction of sp³-hybridized carbons (Fsp3) is 0.188. The third kappa shape index (κ3) is 2.94. The first-order valence-corrected chi connectivity index (χ1v) is 7.24. The van der Waals surface area contributed by atoms with E-state index in [9.17, 15) is 0 Å². The summed E-state index contributed by atoms with van der Waals surface area (Å²) in [6, 6.07) is 5.40. The lowest BCUT2D eigenvalue weighted by Gasteiger charge is -2.17. The molecule has 5 N–H and O–H groups in total. The highest BCUT2D eigenvalue weighted by molar-refractivity contribution is 5.92. The van der Waals surface area contributed by atoms with Crippen LogP contribution in [0.15, 0.2) is 30.7 Å². The topological polar surface area (TPSA) is 113 Å². The van der Waals surface area contributed by atoms with E-state index >= 15 is 0 Å². The number of aromatic nitrogens is 3. The van der Waals surface area contributed by atoms with Crippen molar-refractivity contribution in [1.82, 2.24) is 15.0 Å². The molecule has 0 saturated heterocycles. The summed E-state index contributed by atoms with van der Waals surface area (Å²) in [5.41, 5.74) is 8.51. The van der Waals surface area contributed by atoms with Crippen molar-refractivity contribution in [2.75, 3.05) is 11.1 Å². The molecule has 7 nitrogen and oxygen atoms in total. The quantitative estimate of drug-likeness (QED) is 0.427. The van der Waals surface area contributed by atoms with Crippen molar-refractivity contribution >= 4 is 34.4 Å². The Morgan fingerprint density at radius 1 is 1.35 bits per heavy atom. The summed E-state index contributed by atoms with van der Waals surface area (Å²) >= 11 is 0. The number of nitrogens with one attached hydrogen (secondary N) is 3. The highest BCUT2D eigenvalue weighted by Gasteiger charge is 2.12. The molecule has 2 heterocycles. The summed E-state index contributed by atoms with van der Waals surface area (Å²) in [6.45, 7) is 3.89. The second-order valence-electron chi connectivity index (χ2n) is 5.38. The van der Waals surface area contributed by atoms with Gasteiger partial charge in [-0.2, -0.15) is 0 Å². The summed E-state index contributed by atoms with van der Waals surface area (Å²) < 4.78 is 5.82. The van der Waals surface area contributed by atoms with Gasteiger partial charge in [0.1, 0.15) is 23.5 Å². The molecule has 3 rings (SSSR count). The molecule has 118 valence electrons. The maximum Gasteiger partial charge on any atom is 0.145 e. The number of anilines is 3. The number of fused-ring (bicyclic) bond motifs is 1. The zero-order chi connectivity index (χ0) is 16.4. The lowest BCUT2D eigenvalue weighted by atomic mass is 10.1. The van der Waals surface area contributed by atoms with E-state index in [0.29, 0.717) is 28.5 Å². The van der Waals surface area contributed by atoms with E-state index in [1.54, 1.807) is 12.1 Å². The maximum atomic E-state index is 7.48. The largest absolute Gasteiger partial charge is 0.489 e. The number of nitrogens with zero attached hydrogens (tertiary/aromatic N) is 2. The maximum absolute atomic E-state index is 7.48. The minimum Gasteiger partial charge on any atom is -0.489 e. The van der Waals surface area contributed by atoms with Crippen LogP contribution in [0.3, 0.4) is 0 Å². The molecular formula is C16H18N6O. The van der Waals surface area contributed by atoms with Crippen molar-refractivity contribution in [1.29, 1.82) is 5.41 Å². The first kappa shape index (κ1) is 14.8. The van der Waals surface area contributed by atoms with Gasteiger partial charge in [0, 0.05) is 29.7 Å². The van der Waals surface area contributed by atoms with E-state index < -0.39 is 0 Å². The van der Waals surface area contributed by atoms with Crippen LogP contribution in [-0.4, -0.2) is 27.3 Å². The van der Waals surface area contributed by atoms with Crippen molar-refractivity contribution in [3.8, 4) is 5.75 Å². The Kier molecular flexibility index (Phi) is 3.84. The predicted octanol–water partition coefficient (Wildman–Crippen LogP) is 3.07. The Morgan fingerprint density at radius 2 is 2.17 bits per heavy atom.